The molecule has 5 nitrogen and oxygen atoms in total. The van der Waals surface area contributed by atoms with Crippen molar-refractivity contribution in [3.05, 3.63) is 23.8 Å². The van der Waals surface area contributed by atoms with Gasteiger partial charge in [-0.15, -0.1) is 0 Å². The largest absolute Gasteiger partial charge is 0.493 e. The molecule has 2 rings (SSSR count). The van der Waals surface area contributed by atoms with Crippen LogP contribution in [0.1, 0.15) is 44.2 Å². The number of benzene rings is 1. The van der Waals surface area contributed by atoms with Crippen molar-refractivity contribution in [3.8, 4) is 11.5 Å². The van der Waals surface area contributed by atoms with Gasteiger partial charge in [-0.05, 0) is 62.9 Å². The molecule has 0 radical (unpaired) electrons. The second kappa shape index (κ2) is 8.77. The van der Waals surface area contributed by atoms with Crippen molar-refractivity contribution >= 4 is 5.91 Å². The molecule has 0 unspecified atom stereocenters. The van der Waals surface area contributed by atoms with Gasteiger partial charge in [-0.2, -0.15) is 0 Å². The normalized spacial score (nSPS) is 16.7. The first-order chi connectivity index (χ1) is 11.1. The summed E-state index contributed by atoms with van der Waals surface area (Å²) in [6.07, 6.45) is 3.94. The van der Waals surface area contributed by atoms with Crippen LogP contribution in [0.2, 0.25) is 0 Å². The monoisotopic (exact) mass is 320 g/mol. The van der Waals surface area contributed by atoms with Gasteiger partial charge in [-0.1, -0.05) is 6.07 Å². The highest BCUT2D eigenvalue weighted by Gasteiger charge is 2.16. The first-order valence-corrected chi connectivity index (χ1v) is 8.36. The molecule has 0 saturated carbocycles. The van der Waals surface area contributed by atoms with Gasteiger partial charge < -0.3 is 20.1 Å². The molecular weight excluding hydrogens is 292 g/mol. The Morgan fingerprint density at radius 2 is 1.96 bits per heavy atom. The predicted octanol–water partition coefficient (Wildman–Crippen LogP) is 2.66. The summed E-state index contributed by atoms with van der Waals surface area (Å²) in [5.41, 5.74) is 1.01. The average Bonchev–Trinajstić information content (AvgIpc) is 2.60. The van der Waals surface area contributed by atoms with E-state index >= 15 is 0 Å². The van der Waals surface area contributed by atoms with Gasteiger partial charge in [0.1, 0.15) is 0 Å². The number of hydrogen-bond acceptors (Lipinski definition) is 4. The van der Waals surface area contributed by atoms with E-state index in [2.05, 4.69) is 10.6 Å². The van der Waals surface area contributed by atoms with Crippen LogP contribution in [-0.2, 0) is 4.79 Å². The lowest BCUT2D eigenvalue weighted by molar-refractivity contribution is -0.122. The zero-order valence-corrected chi connectivity index (χ0v) is 14.4. The molecule has 2 N–H and O–H groups in total. The van der Waals surface area contributed by atoms with Gasteiger partial charge in [-0.3, -0.25) is 4.79 Å². The number of piperidine rings is 1. The topological polar surface area (TPSA) is 59.6 Å². The molecule has 23 heavy (non-hydrogen) atoms. The maximum Gasteiger partial charge on any atom is 0.220 e. The number of methoxy groups -OCH3 is 2. The molecule has 1 aromatic carbocycles. The van der Waals surface area contributed by atoms with Crippen molar-refractivity contribution in [2.45, 2.75) is 38.6 Å². The SMILES string of the molecule is COc1ccc([C@@H](C)NC(=O)CCC2CCNCC2)cc1OC. The van der Waals surface area contributed by atoms with Crippen molar-refractivity contribution in [1.82, 2.24) is 10.6 Å². The number of carbonyl (C=O) groups excluding carboxylic acids is 1. The highest BCUT2D eigenvalue weighted by molar-refractivity contribution is 5.76. The molecule has 128 valence electrons. The summed E-state index contributed by atoms with van der Waals surface area (Å²) in [4.78, 5) is 12.2. The highest BCUT2D eigenvalue weighted by Crippen LogP contribution is 2.30. The smallest absolute Gasteiger partial charge is 0.220 e. The number of hydrogen-bond donors (Lipinski definition) is 2. The third-order valence-electron chi connectivity index (χ3n) is 4.52. The van der Waals surface area contributed by atoms with Crippen LogP contribution in [0, 0.1) is 5.92 Å². The minimum absolute atomic E-state index is 0.0460. The van der Waals surface area contributed by atoms with Crippen LogP contribution < -0.4 is 20.1 Å². The zero-order chi connectivity index (χ0) is 16.7. The van der Waals surface area contributed by atoms with E-state index in [1.807, 2.05) is 25.1 Å². The van der Waals surface area contributed by atoms with Gasteiger partial charge in [0.2, 0.25) is 5.91 Å². The van der Waals surface area contributed by atoms with E-state index in [1.165, 1.54) is 12.8 Å². The summed E-state index contributed by atoms with van der Waals surface area (Å²) in [5, 5.41) is 6.43. The standard InChI is InChI=1S/C18H28N2O3/c1-13(15-5-6-16(22-2)17(12-15)23-3)20-18(21)7-4-14-8-10-19-11-9-14/h5-6,12-14,19H,4,7-11H2,1-3H3,(H,20,21)/t13-/m1/s1. The molecule has 0 bridgehead atoms. The summed E-state index contributed by atoms with van der Waals surface area (Å²) in [5.74, 6) is 2.17. The third kappa shape index (κ3) is 5.13. The Kier molecular flexibility index (Phi) is 6.71. The van der Waals surface area contributed by atoms with Crippen molar-refractivity contribution in [3.63, 3.8) is 0 Å². The van der Waals surface area contributed by atoms with Gasteiger partial charge in [0.15, 0.2) is 11.5 Å². The fourth-order valence-electron chi connectivity index (χ4n) is 3.02. The first kappa shape index (κ1) is 17.6. The first-order valence-electron chi connectivity index (χ1n) is 8.36. The Balaban J connectivity index is 1.85. The van der Waals surface area contributed by atoms with E-state index < -0.39 is 0 Å². The number of ether oxygens (including phenoxy) is 2. The number of rotatable bonds is 7. The van der Waals surface area contributed by atoms with E-state index in [-0.39, 0.29) is 11.9 Å². The lowest BCUT2D eigenvalue weighted by Crippen LogP contribution is -2.30. The summed E-state index contributed by atoms with van der Waals surface area (Å²) in [7, 11) is 3.23. The molecule has 1 atom stereocenters. The minimum Gasteiger partial charge on any atom is -0.493 e. The summed E-state index contributed by atoms with van der Waals surface area (Å²) >= 11 is 0. The second-order valence-electron chi connectivity index (χ2n) is 6.14. The Labute approximate surface area is 138 Å². The van der Waals surface area contributed by atoms with Crippen molar-refractivity contribution < 1.29 is 14.3 Å². The van der Waals surface area contributed by atoms with Gasteiger partial charge in [0.05, 0.1) is 20.3 Å². The molecule has 1 saturated heterocycles. The molecule has 5 heteroatoms. The Morgan fingerprint density at radius 3 is 2.61 bits per heavy atom. The van der Waals surface area contributed by atoms with Gasteiger partial charge in [0, 0.05) is 6.42 Å². The molecule has 1 aliphatic rings. The van der Waals surface area contributed by atoms with Gasteiger partial charge >= 0.3 is 0 Å². The molecule has 0 aromatic heterocycles. The molecule has 1 fully saturated rings. The van der Waals surface area contributed by atoms with E-state index in [1.54, 1.807) is 14.2 Å². The van der Waals surface area contributed by atoms with E-state index in [0.717, 1.165) is 25.1 Å². The quantitative estimate of drug-likeness (QED) is 0.811. The van der Waals surface area contributed by atoms with Crippen molar-refractivity contribution in [1.29, 1.82) is 0 Å². The number of carbonyl (C=O) groups is 1. The molecule has 0 spiro atoms. The van der Waals surface area contributed by atoms with Crippen molar-refractivity contribution in [2.75, 3.05) is 27.3 Å². The fourth-order valence-corrected chi connectivity index (χ4v) is 3.02. The van der Waals surface area contributed by atoms with Crippen LogP contribution >= 0.6 is 0 Å². The Hall–Kier alpha value is -1.75. The molecular formula is C18H28N2O3. The predicted molar refractivity (Wildman–Crippen MR) is 90.9 cm³/mol. The molecule has 1 heterocycles. The van der Waals surface area contributed by atoms with Gasteiger partial charge in [-0.25, -0.2) is 0 Å². The van der Waals surface area contributed by atoms with Crippen LogP contribution in [0.25, 0.3) is 0 Å². The average molecular weight is 320 g/mol. The summed E-state index contributed by atoms with van der Waals surface area (Å²) in [6, 6.07) is 5.69. The van der Waals surface area contributed by atoms with Crippen molar-refractivity contribution in [2.24, 2.45) is 5.92 Å². The van der Waals surface area contributed by atoms with Crippen LogP contribution in [0.5, 0.6) is 11.5 Å². The van der Waals surface area contributed by atoms with Crippen LogP contribution in [0.3, 0.4) is 0 Å². The number of amides is 1. The lowest BCUT2D eigenvalue weighted by Gasteiger charge is -2.22. The Bertz CT molecular complexity index is 513. The molecule has 1 aromatic rings. The van der Waals surface area contributed by atoms with Crippen LogP contribution in [0.4, 0.5) is 0 Å². The lowest BCUT2D eigenvalue weighted by atomic mass is 9.93. The van der Waals surface area contributed by atoms with Crippen LogP contribution in [-0.4, -0.2) is 33.2 Å². The van der Waals surface area contributed by atoms with Gasteiger partial charge in [0.25, 0.3) is 0 Å². The van der Waals surface area contributed by atoms with Crippen LogP contribution in [0.15, 0.2) is 18.2 Å². The Morgan fingerprint density at radius 1 is 1.26 bits per heavy atom. The maximum absolute atomic E-state index is 12.2. The summed E-state index contributed by atoms with van der Waals surface area (Å²) in [6.45, 7) is 4.15. The highest BCUT2D eigenvalue weighted by atomic mass is 16.5. The second-order valence-corrected chi connectivity index (χ2v) is 6.14. The number of nitrogens with one attached hydrogen (secondary N) is 2. The van der Waals surface area contributed by atoms with E-state index in [9.17, 15) is 4.79 Å². The third-order valence-corrected chi connectivity index (χ3v) is 4.52. The summed E-state index contributed by atoms with van der Waals surface area (Å²) < 4.78 is 10.6. The fraction of sp³-hybridized carbons (Fsp3) is 0.611. The molecule has 0 aliphatic carbocycles. The minimum atomic E-state index is -0.0460. The van der Waals surface area contributed by atoms with E-state index in [4.69, 9.17) is 9.47 Å². The van der Waals surface area contributed by atoms with E-state index in [0.29, 0.717) is 23.8 Å². The molecule has 1 amide bonds. The maximum atomic E-state index is 12.2. The zero-order valence-electron chi connectivity index (χ0n) is 14.4. The molecule has 1 aliphatic heterocycles.